The number of hydrogen-bond acceptors (Lipinski definition) is 5. The highest BCUT2D eigenvalue weighted by molar-refractivity contribution is 5.98. The van der Waals surface area contributed by atoms with Gasteiger partial charge in [-0.05, 0) is 43.3 Å². The van der Waals surface area contributed by atoms with Gasteiger partial charge < -0.3 is 19.2 Å². The SMILES string of the molecule is COc1ccc2oc(C(=O)OCC(=O)Nc3cccc(F)c3)c(C)c2c1. The molecule has 1 amide bonds. The van der Waals surface area contributed by atoms with Crippen LogP contribution in [-0.4, -0.2) is 25.6 Å². The number of carbonyl (C=O) groups is 2. The maximum atomic E-state index is 13.1. The van der Waals surface area contributed by atoms with Gasteiger partial charge in [0.15, 0.2) is 6.61 Å². The lowest BCUT2D eigenvalue weighted by atomic mass is 10.1. The Balaban J connectivity index is 1.67. The molecule has 1 aromatic heterocycles. The average molecular weight is 357 g/mol. The van der Waals surface area contributed by atoms with E-state index in [0.717, 1.165) is 11.5 Å². The first-order chi connectivity index (χ1) is 12.5. The number of fused-ring (bicyclic) bond motifs is 1. The molecule has 0 saturated heterocycles. The Morgan fingerprint density at radius 2 is 2.00 bits per heavy atom. The third kappa shape index (κ3) is 3.66. The smallest absolute Gasteiger partial charge is 0.375 e. The highest BCUT2D eigenvalue weighted by Crippen LogP contribution is 2.29. The Hall–Kier alpha value is -3.35. The molecule has 2 aromatic carbocycles. The predicted molar refractivity (Wildman–Crippen MR) is 92.8 cm³/mol. The summed E-state index contributed by atoms with van der Waals surface area (Å²) in [6.45, 7) is 1.20. The third-order valence-corrected chi connectivity index (χ3v) is 3.77. The molecule has 3 rings (SSSR count). The van der Waals surface area contributed by atoms with Crippen molar-refractivity contribution in [3.05, 3.63) is 59.6 Å². The van der Waals surface area contributed by atoms with Gasteiger partial charge in [0.25, 0.3) is 5.91 Å². The number of nitrogens with one attached hydrogen (secondary N) is 1. The van der Waals surface area contributed by atoms with E-state index in [9.17, 15) is 14.0 Å². The van der Waals surface area contributed by atoms with Crippen LogP contribution in [0.5, 0.6) is 5.75 Å². The quantitative estimate of drug-likeness (QED) is 0.705. The summed E-state index contributed by atoms with van der Waals surface area (Å²) in [6.07, 6.45) is 0. The van der Waals surface area contributed by atoms with Crippen molar-refractivity contribution in [1.29, 1.82) is 0 Å². The average Bonchev–Trinajstić information content (AvgIpc) is 2.96. The van der Waals surface area contributed by atoms with Gasteiger partial charge in [0.2, 0.25) is 5.76 Å². The monoisotopic (exact) mass is 357 g/mol. The largest absolute Gasteiger partial charge is 0.497 e. The second-order valence-electron chi connectivity index (χ2n) is 5.55. The third-order valence-electron chi connectivity index (χ3n) is 3.77. The standard InChI is InChI=1S/C19H16FNO5/c1-11-15-9-14(24-2)6-7-16(15)26-18(11)19(23)25-10-17(22)21-13-5-3-4-12(20)8-13/h3-9H,10H2,1-2H3,(H,21,22). The number of esters is 1. The summed E-state index contributed by atoms with van der Waals surface area (Å²) in [6, 6.07) is 10.6. The van der Waals surface area contributed by atoms with Crippen molar-refractivity contribution in [2.45, 2.75) is 6.92 Å². The highest BCUT2D eigenvalue weighted by atomic mass is 19.1. The van der Waals surface area contributed by atoms with E-state index >= 15 is 0 Å². The van der Waals surface area contributed by atoms with E-state index in [1.54, 1.807) is 32.2 Å². The lowest BCUT2D eigenvalue weighted by molar-refractivity contribution is -0.119. The molecule has 1 N–H and O–H groups in total. The number of rotatable bonds is 5. The van der Waals surface area contributed by atoms with Crippen molar-refractivity contribution in [2.75, 3.05) is 19.0 Å². The van der Waals surface area contributed by atoms with E-state index in [0.29, 0.717) is 16.9 Å². The molecule has 7 heteroatoms. The first-order valence-corrected chi connectivity index (χ1v) is 7.77. The number of hydrogen-bond donors (Lipinski definition) is 1. The van der Waals surface area contributed by atoms with Gasteiger partial charge in [-0.15, -0.1) is 0 Å². The molecule has 0 atom stereocenters. The summed E-state index contributed by atoms with van der Waals surface area (Å²) in [4.78, 5) is 24.1. The number of carbonyl (C=O) groups excluding carboxylic acids is 2. The van der Waals surface area contributed by atoms with Gasteiger partial charge in [0.1, 0.15) is 17.1 Å². The van der Waals surface area contributed by atoms with Gasteiger partial charge in [-0.25, -0.2) is 9.18 Å². The minimum atomic E-state index is -0.757. The first-order valence-electron chi connectivity index (χ1n) is 7.77. The fraction of sp³-hybridized carbons (Fsp3) is 0.158. The van der Waals surface area contributed by atoms with Crippen LogP contribution in [0.1, 0.15) is 16.1 Å². The zero-order valence-corrected chi connectivity index (χ0v) is 14.2. The molecule has 1 heterocycles. The zero-order valence-electron chi connectivity index (χ0n) is 14.2. The van der Waals surface area contributed by atoms with Gasteiger partial charge in [-0.1, -0.05) is 6.07 Å². The van der Waals surface area contributed by atoms with Crippen LogP contribution in [0.2, 0.25) is 0 Å². The molecule has 0 saturated carbocycles. The molecule has 134 valence electrons. The summed E-state index contributed by atoms with van der Waals surface area (Å²) in [5, 5.41) is 3.17. The molecular weight excluding hydrogens is 341 g/mol. The molecule has 0 spiro atoms. The summed E-state index contributed by atoms with van der Waals surface area (Å²) < 4.78 is 28.8. The van der Waals surface area contributed by atoms with Crippen molar-refractivity contribution in [1.82, 2.24) is 0 Å². The molecule has 0 unspecified atom stereocenters. The topological polar surface area (TPSA) is 77.8 Å². The number of ether oxygens (including phenoxy) is 2. The molecule has 0 aliphatic heterocycles. The fourth-order valence-corrected chi connectivity index (χ4v) is 2.48. The van der Waals surface area contributed by atoms with Crippen LogP contribution in [0, 0.1) is 12.7 Å². The maximum absolute atomic E-state index is 13.1. The van der Waals surface area contributed by atoms with Crippen molar-refractivity contribution in [2.24, 2.45) is 0 Å². The van der Waals surface area contributed by atoms with Crippen LogP contribution in [0.15, 0.2) is 46.9 Å². The van der Waals surface area contributed by atoms with Crippen LogP contribution in [0.25, 0.3) is 11.0 Å². The number of anilines is 1. The Morgan fingerprint density at radius 3 is 2.73 bits per heavy atom. The van der Waals surface area contributed by atoms with Crippen molar-refractivity contribution in [3.8, 4) is 5.75 Å². The summed E-state index contributed by atoms with van der Waals surface area (Å²) in [7, 11) is 1.54. The maximum Gasteiger partial charge on any atom is 0.375 e. The zero-order chi connectivity index (χ0) is 18.7. The van der Waals surface area contributed by atoms with E-state index in [4.69, 9.17) is 13.9 Å². The Labute approximate surface area is 148 Å². The first kappa shape index (κ1) is 17.5. The van der Waals surface area contributed by atoms with Gasteiger partial charge >= 0.3 is 5.97 Å². The van der Waals surface area contributed by atoms with Gasteiger partial charge in [-0.2, -0.15) is 0 Å². The molecule has 0 bridgehead atoms. The number of aryl methyl sites for hydroxylation is 1. The number of halogens is 1. The second-order valence-corrected chi connectivity index (χ2v) is 5.55. The number of benzene rings is 2. The number of methoxy groups -OCH3 is 1. The van der Waals surface area contributed by atoms with Crippen molar-refractivity contribution < 1.29 is 27.9 Å². The molecule has 0 radical (unpaired) electrons. The van der Waals surface area contributed by atoms with E-state index in [-0.39, 0.29) is 11.4 Å². The summed E-state index contributed by atoms with van der Waals surface area (Å²) in [5.41, 5.74) is 1.38. The molecule has 26 heavy (non-hydrogen) atoms. The number of amides is 1. The van der Waals surface area contributed by atoms with Crippen LogP contribution in [0.3, 0.4) is 0 Å². The van der Waals surface area contributed by atoms with E-state index in [1.807, 2.05) is 0 Å². The Morgan fingerprint density at radius 1 is 1.19 bits per heavy atom. The van der Waals surface area contributed by atoms with Crippen molar-refractivity contribution >= 4 is 28.5 Å². The van der Waals surface area contributed by atoms with E-state index in [1.165, 1.54) is 18.2 Å². The minimum Gasteiger partial charge on any atom is -0.497 e. The molecule has 0 aliphatic rings. The Kier molecular flexibility index (Phi) is 4.88. The van der Waals surface area contributed by atoms with Gasteiger partial charge in [0, 0.05) is 16.6 Å². The predicted octanol–water partition coefficient (Wildman–Crippen LogP) is 3.68. The number of furan rings is 1. The molecule has 3 aromatic rings. The van der Waals surface area contributed by atoms with Gasteiger partial charge in [-0.3, -0.25) is 4.79 Å². The Bertz CT molecular complexity index is 979. The van der Waals surface area contributed by atoms with Crippen LogP contribution in [-0.2, 0) is 9.53 Å². The lowest BCUT2D eigenvalue weighted by Crippen LogP contribution is -2.21. The van der Waals surface area contributed by atoms with E-state index < -0.39 is 24.3 Å². The molecule has 0 aliphatic carbocycles. The lowest BCUT2D eigenvalue weighted by Gasteiger charge is -2.06. The van der Waals surface area contributed by atoms with Crippen LogP contribution >= 0.6 is 0 Å². The normalized spacial score (nSPS) is 10.6. The molecule has 6 nitrogen and oxygen atoms in total. The molecular formula is C19H16FNO5. The van der Waals surface area contributed by atoms with Crippen molar-refractivity contribution in [3.63, 3.8) is 0 Å². The fourth-order valence-electron chi connectivity index (χ4n) is 2.48. The van der Waals surface area contributed by atoms with Crippen LogP contribution < -0.4 is 10.1 Å². The summed E-state index contributed by atoms with van der Waals surface area (Å²) in [5.74, 6) is -1.16. The van der Waals surface area contributed by atoms with Crippen LogP contribution in [0.4, 0.5) is 10.1 Å². The second kappa shape index (κ2) is 7.26. The minimum absolute atomic E-state index is 0.0202. The summed E-state index contributed by atoms with van der Waals surface area (Å²) >= 11 is 0. The van der Waals surface area contributed by atoms with Gasteiger partial charge in [0.05, 0.1) is 7.11 Å². The van der Waals surface area contributed by atoms with E-state index in [2.05, 4.69) is 5.32 Å². The highest BCUT2D eigenvalue weighted by Gasteiger charge is 2.20. The molecule has 0 fully saturated rings.